The fraction of sp³-hybridized carbons (Fsp3) is 0.818. The smallest absolute Gasteiger partial charge is 0.422 e. The van der Waals surface area contributed by atoms with Crippen LogP contribution in [0, 0.1) is 0 Å². The molecule has 8 nitrogen and oxygen atoms in total. The quantitative estimate of drug-likeness (QED) is 0.754. The zero-order valence-electron chi connectivity index (χ0n) is 11.8. The molecule has 0 saturated carbocycles. The molecule has 1 fully saturated rings. The minimum absolute atomic E-state index is 0.157. The van der Waals surface area contributed by atoms with Crippen molar-refractivity contribution >= 4 is 22.3 Å². The Morgan fingerprint density at radius 2 is 1.95 bits per heavy atom. The van der Waals surface area contributed by atoms with Crippen LogP contribution in [0.2, 0.25) is 0 Å². The molecular weight excluding hydrogens is 288 g/mol. The molecule has 1 saturated heterocycles. The Balaban J connectivity index is 2.82. The molecule has 1 aliphatic heterocycles. The maximum atomic E-state index is 12.1. The van der Waals surface area contributed by atoms with Crippen molar-refractivity contribution in [2.45, 2.75) is 45.3 Å². The first-order chi connectivity index (χ1) is 9.27. The molecule has 0 aromatic rings. The largest absolute Gasteiger partial charge is 0.468 e. The molecule has 0 radical (unpaired) electrons. The van der Waals surface area contributed by atoms with Gasteiger partial charge in [0.15, 0.2) is 0 Å². The van der Waals surface area contributed by atoms with Crippen LogP contribution in [-0.4, -0.2) is 50.6 Å². The van der Waals surface area contributed by atoms with Gasteiger partial charge in [-0.2, -0.15) is 12.7 Å². The summed E-state index contributed by atoms with van der Waals surface area (Å²) in [5.41, 5.74) is 0. The minimum Gasteiger partial charge on any atom is -0.468 e. The van der Waals surface area contributed by atoms with E-state index in [9.17, 15) is 18.0 Å². The van der Waals surface area contributed by atoms with Gasteiger partial charge in [0.1, 0.15) is 6.04 Å². The zero-order valence-corrected chi connectivity index (χ0v) is 12.6. The number of methoxy groups -OCH3 is 1. The molecule has 1 heterocycles. The van der Waals surface area contributed by atoms with Gasteiger partial charge >= 0.3 is 22.3 Å². The number of rotatable bonds is 4. The first-order valence-corrected chi connectivity index (χ1v) is 7.80. The van der Waals surface area contributed by atoms with Crippen LogP contribution in [0.3, 0.4) is 0 Å². The van der Waals surface area contributed by atoms with E-state index in [2.05, 4.69) is 4.74 Å². The molecule has 1 amide bonds. The standard InChI is InChI=1S/C11H20N2O6S/c1-8(2)19-11(15)12-20(16,17)13-7-5-4-6-9(13)10(14)18-3/h8-9H,4-7H2,1-3H3,(H,12,15). The molecule has 1 aliphatic rings. The number of carbonyl (C=O) groups excluding carboxylic acids is 2. The summed E-state index contributed by atoms with van der Waals surface area (Å²) in [5.74, 6) is -0.632. The van der Waals surface area contributed by atoms with E-state index in [-0.39, 0.29) is 6.54 Å². The number of ether oxygens (including phenoxy) is 2. The summed E-state index contributed by atoms with van der Waals surface area (Å²) in [4.78, 5) is 23.0. The summed E-state index contributed by atoms with van der Waals surface area (Å²) in [5, 5.41) is 0. The predicted molar refractivity (Wildman–Crippen MR) is 70.0 cm³/mol. The Labute approximate surface area is 118 Å². The highest BCUT2D eigenvalue weighted by Crippen LogP contribution is 2.20. The third-order valence-corrected chi connectivity index (χ3v) is 4.27. The average molecular weight is 308 g/mol. The number of carbonyl (C=O) groups is 2. The molecule has 1 atom stereocenters. The van der Waals surface area contributed by atoms with E-state index in [0.29, 0.717) is 12.8 Å². The number of nitrogens with one attached hydrogen (secondary N) is 1. The Morgan fingerprint density at radius 3 is 2.50 bits per heavy atom. The van der Waals surface area contributed by atoms with E-state index in [1.54, 1.807) is 18.6 Å². The number of hydrogen-bond acceptors (Lipinski definition) is 6. The number of amides is 1. The lowest BCUT2D eigenvalue weighted by molar-refractivity contribution is -0.146. The molecule has 0 aromatic carbocycles. The summed E-state index contributed by atoms with van der Waals surface area (Å²) in [7, 11) is -2.93. The second-order valence-corrected chi connectivity index (χ2v) is 6.33. The van der Waals surface area contributed by atoms with E-state index in [1.807, 2.05) is 0 Å². The molecule has 1 unspecified atom stereocenters. The fourth-order valence-corrected chi connectivity index (χ4v) is 3.24. The topological polar surface area (TPSA) is 102 Å². The second-order valence-electron chi connectivity index (χ2n) is 4.71. The monoisotopic (exact) mass is 308 g/mol. The normalized spacial score (nSPS) is 20.5. The Bertz CT molecular complexity index is 462. The van der Waals surface area contributed by atoms with Crippen LogP contribution >= 0.6 is 0 Å². The van der Waals surface area contributed by atoms with Crippen LogP contribution in [0.1, 0.15) is 33.1 Å². The summed E-state index contributed by atoms with van der Waals surface area (Å²) < 4.78 is 36.3. The van der Waals surface area contributed by atoms with Crippen molar-refractivity contribution in [1.29, 1.82) is 0 Å². The first-order valence-electron chi connectivity index (χ1n) is 6.36. The Morgan fingerprint density at radius 1 is 1.30 bits per heavy atom. The highest BCUT2D eigenvalue weighted by atomic mass is 32.2. The molecule has 1 N–H and O–H groups in total. The number of piperidine rings is 1. The number of nitrogens with zero attached hydrogens (tertiary/aromatic N) is 1. The van der Waals surface area contributed by atoms with Gasteiger partial charge in [0, 0.05) is 6.54 Å². The third-order valence-electron chi connectivity index (χ3n) is 2.79. The van der Waals surface area contributed by atoms with Gasteiger partial charge in [-0.3, -0.25) is 4.79 Å². The third kappa shape index (κ3) is 4.34. The lowest BCUT2D eigenvalue weighted by Crippen LogP contribution is -2.53. The van der Waals surface area contributed by atoms with Gasteiger partial charge in [-0.05, 0) is 33.1 Å². The summed E-state index contributed by atoms with van der Waals surface area (Å²) >= 11 is 0. The molecular formula is C11H20N2O6S. The van der Waals surface area contributed by atoms with Crippen molar-refractivity contribution in [1.82, 2.24) is 9.03 Å². The molecule has 0 aromatic heterocycles. The van der Waals surface area contributed by atoms with Crippen molar-refractivity contribution in [2.24, 2.45) is 0 Å². The summed E-state index contributed by atoms with van der Waals surface area (Å²) in [6.07, 6.45) is 0.208. The molecule has 0 aliphatic carbocycles. The predicted octanol–water partition coefficient (Wildman–Crippen LogP) is 0.393. The maximum Gasteiger partial charge on any atom is 0.422 e. The van der Waals surface area contributed by atoms with Crippen LogP contribution in [0.5, 0.6) is 0 Å². The van der Waals surface area contributed by atoms with Gasteiger partial charge in [-0.15, -0.1) is 0 Å². The van der Waals surface area contributed by atoms with Gasteiger partial charge < -0.3 is 9.47 Å². The lowest BCUT2D eigenvalue weighted by atomic mass is 10.1. The number of esters is 1. The van der Waals surface area contributed by atoms with Gasteiger partial charge in [0.05, 0.1) is 13.2 Å². The molecule has 20 heavy (non-hydrogen) atoms. The molecule has 0 bridgehead atoms. The van der Waals surface area contributed by atoms with Crippen molar-refractivity contribution in [3.8, 4) is 0 Å². The van der Waals surface area contributed by atoms with Gasteiger partial charge in [0.2, 0.25) is 0 Å². The van der Waals surface area contributed by atoms with E-state index in [0.717, 1.165) is 10.7 Å². The SMILES string of the molecule is COC(=O)C1CCCCN1S(=O)(=O)NC(=O)OC(C)C. The number of hydrogen-bond donors (Lipinski definition) is 1. The van der Waals surface area contributed by atoms with Crippen LogP contribution < -0.4 is 4.72 Å². The lowest BCUT2D eigenvalue weighted by Gasteiger charge is -2.32. The van der Waals surface area contributed by atoms with Crippen molar-refractivity contribution in [3.63, 3.8) is 0 Å². The maximum absolute atomic E-state index is 12.1. The highest BCUT2D eigenvalue weighted by Gasteiger charge is 2.38. The second kappa shape index (κ2) is 6.89. The fourth-order valence-electron chi connectivity index (χ4n) is 1.97. The molecule has 116 valence electrons. The average Bonchev–Trinajstić information content (AvgIpc) is 2.36. The zero-order chi connectivity index (χ0) is 15.3. The molecule has 9 heteroatoms. The molecule has 1 rings (SSSR count). The van der Waals surface area contributed by atoms with Crippen LogP contribution in [-0.2, 0) is 24.5 Å². The Hall–Kier alpha value is -1.35. The molecule has 0 spiro atoms. The van der Waals surface area contributed by atoms with Crippen molar-refractivity contribution in [2.75, 3.05) is 13.7 Å². The first kappa shape index (κ1) is 16.7. The van der Waals surface area contributed by atoms with E-state index in [4.69, 9.17) is 4.74 Å². The minimum atomic E-state index is -4.12. The Kier molecular flexibility index (Phi) is 5.75. The van der Waals surface area contributed by atoms with E-state index >= 15 is 0 Å². The van der Waals surface area contributed by atoms with Gasteiger partial charge in [-0.25, -0.2) is 9.52 Å². The van der Waals surface area contributed by atoms with Gasteiger partial charge in [0.25, 0.3) is 0 Å². The van der Waals surface area contributed by atoms with Crippen molar-refractivity contribution in [3.05, 3.63) is 0 Å². The van der Waals surface area contributed by atoms with Crippen molar-refractivity contribution < 1.29 is 27.5 Å². The highest BCUT2D eigenvalue weighted by molar-refractivity contribution is 7.87. The van der Waals surface area contributed by atoms with E-state index in [1.165, 1.54) is 7.11 Å². The van der Waals surface area contributed by atoms with Crippen LogP contribution in [0.15, 0.2) is 0 Å². The summed E-state index contributed by atoms with van der Waals surface area (Å²) in [6, 6.07) is -0.905. The van der Waals surface area contributed by atoms with Crippen LogP contribution in [0.4, 0.5) is 4.79 Å². The van der Waals surface area contributed by atoms with Gasteiger partial charge in [-0.1, -0.05) is 0 Å². The summed E-state index contributed by atoms with van der Waals surface area (Å²) in [6.45, 7) is 3.36. The van der Waals surface area contributed by atoms with Crippen LogP contribution in [0.25, 0.3) is 0 Å². The van der Waals surface area contributed by atoms with E-state index < -0.39 is 34.4 Å².